The molecule has 0 atom stereocenters. The number of carboxylic acids is 1. The Balaban J connectivity index is 2.20. The Morgan fingerprint density at radius 3 is 2.63 bits per heavy atom. The molecular formula is C11H11N5O3. The highest BCUT2D eigenvalue weighted by atomic mass is 16.4. The maximum absolute atomic E-state index is 12.0. The molecule has 2 aromatic rings. The Hall–Kier alpha value is -2.77. The molecule has 0 saturated heterocycles. The number of aryl methyl sites for hydroxylation is 2. The van der Waals surface area contributed by atoms with E-state index < -0.39 is 11.9 Å². The van der Waals surface area contributed by atoms with Crippen molar-refractivity contribution in [1.82, 2.24) is 20.4 Å². The lowest BCUT2D eigenvalue weighted by Crippen LogP contribution is -2.15. The van der Waals surface area contributed by atoms with Crippen molar-refractivity contribution >= 4 is 17.7 Å². The first-order chi connectivity index (χ1) is 8.97. The quantitative estimate of drug-likeness (QED) is 0.750. The van der Waals surface area contributed by atoms with Gasteiger partial charge in [-0.3, -0.25) is 9.89 Å². The van der Waals surface area contributed by atoms with Gasteiger partial charge in [0, 0.05) is 6.07 Å². The molecule has 0 aliphatic carbocycles. The van der Waals surface area contributed by atoms with Crippen molar-refractivity contribution < 1.29 is 14.7 Å². The van der Waals surface area contributed by atoms with E-state index in [0.29, 0.717) is 17.0 Å². The van der Waals surface area contributed by atoms with E-state index in [4.69, 9.17) is 5.11 Å². The average Bonchev–Trinajstić information content (AvgIpc) is 2.80. The molecule has 2 heterocycles. The fourth-order valence-electron chi connectivity index (χ4n) is 1.46. The van der Waals surface area contributed by atoms with E-state index in [1.165, 1.54) is 6.07 Å². The van der Waals surface area contributed by atoms with Gasteiger partial charge in [-0.15, -0.1) is 0 Å². The molecule has 0 saturated carbocycles. The number of aromatic nitrogens is 4. The van der Waals surface area contributed by atoms with Gasteiger partial charge in [-0.1, -0.05) is 0 Å². The topological polar surface area (TPSA) is 121 Å². The summed E-state index contributed by atoms with van der Waals surface area (Å²) in [7, 11) is 0. The number of aromatic carboxylic acids is 1. The summed E-state index contributed by atoms with van der Waals surface area (Å²) in [5.41, 5.74) is 1.37. The van der Waals surface area contributed by atoms with E-state index in [9.17, 15) is 9.59 Å². The minimum Gasteiger partial charge on any atom is -0.477 e. The standard InChI is InChI=1S/C11H11N5O3/c1-5-3-7(6(2)14-13-5)10(17)12-9-4-8(11(18)19)15-16-9/h3-4H,1-2H3,(H,18,19)(H2,12,15,16,17). The number of H-pyrrole nitrogens is 1. The number of nitrogens with one attached hydrogen (secondary N) is 2. The van der Waals surface area contributed by atoms with Crippen LogP contribution in [0, 0.1) is 13.8 Å². The van der Waals surface area contributed by atoms with E-state index in [1.807, 2.05) is 0 Å². The highest BCUT2D eigenvalue weighted by Crippen LogP contribution is 2.10. The van der Waals surface area contributed by atoms with E-state index in [0.717, 1.165) is 0 Å². The molecule has 8 nitrogen and oxygen atoms in total. The summed E-state index contributed by atoms with van der Waals surface area (Å²) in [4.78, 5) is 22.7. The molecule has 0 radical (unpaired) electrons. The Morgan fingerprint density at radius 1 is 1.26 bits per heavy atom. The number of anilines is 1. The number of carbonyl (C=O) groups is 2. The Bertz CT molecular complexity index is 650. The van der Waals surface area contributed by atoms with Crippen LogP contribution in [-0.2, 0) is 0 Å². The van der Waals surface area contributed by atoms with E-state index in [-0.39, 0.29) is 11.5 Å². The van der Waals surface area contributed by atoms with Crippen molar-refractivity contribution in [3.8, 4) is 0 Å². The second-order valence-electron chi connectivity index (χ2n) is 3.91. The molecule has 0 spiro atoms. The number of carboxylic acid groups (broad SMARTS) is 1. The first-order valence-corrected chi connectivity index (χ1v) is 5.38. The molecule has 0 fully saturated rings. The number of amides is 1. The normalized spacial score (nSPS) is 10.2. The molecule has 0 unspecified atom stereocenters. The zero-order valence-electron chi connectivity index (χ0n) is 10.3. The van der Waals surface area contributed by atoms with Crippen LogP contribution in [0.5, 0.6) is 0 Å². The largest absolute Gasteiger partial charge is 0.477 e. The number of carbonyl (C=O) groups excluding carboxylic acids is 1. The number of rotatable bonds is 3. The van der Waals surface area contributed by atoms with Gasteiger partial charge in [-0.2, -0.15) is 15.3 Å². The Labute approximate surface area is 107 Å². The summed E-state index contributed by atoms with van der Waals surface area (Å²) in [6.45, 7) is 3.38. The first kappa shape index (κ1) is 12.7. The summed E-state index contributed by atoms with van der Waals surface area (Å²) in [6.07, 6.45) is 0. The maximum atomic E-state index is 12.0. The molecule has 2 rings (SSSR count). The van der Waals surface area contributed by atoms with Crippen molar-refractivity contribution in [3.05, 3.63) is 34.8 Å². The number of hydrogen-bond donors (Lipinski definition) is 3. The monoisotopic (exact) mass is 261 g/mol. The van der Waals surface area contributed by atoms with Gasteiger partial charge in [0.2, 0.25) is 0 Å². The minimum atomic E-state index is -1.15. The molecule has 1 amide bonds. The number of hydrogen-bond acceptors (Lipinski definition) is 5. The van der Waals surface area contributed by atoms with Gasteiger partial charge >= 0.3 is 5.97 Å². The minimum absolute atomic E-state index is 0.101. The molecule has 0 aromatic carbocycles. The average molecular weight is 261 g/mol. The van der Waals surface area contributed by atoms with Crippen LogP contribution in [0.2, 0.25) is 0 Å². The van der Waals surface area contributed by atoms with Crippen molar-refractivity contribution in [2.45, 2.75) is 13.8 Å². The molecule has 2 aromatic heterocycles. The van der Waals surface area contributed by atoms with Crippen molar-refractivity contribution in [3.63, 3.8) is 0 Å². The summed E-state index contributed by atoms with van der Waals surface area (Å²) in [5, 5.41) is 24.9. The van der Waals surface area contributed by atoms with Gasteiger partial charge in [-0.25, -0.2) is 4.79 Å². The molecule has 0 aliphatic rings. The lowest BCUT2D eigenvalue weighted by atomic mass is 10.2. The summed E-state index contributed by atoms with van der Waals surface area (Å²) < 4.78 is 0. The van der Waals surface area contributed by atoms with Gasteiger partial charge < -0.3 is 10.4 Å². The van der Waals surface area contributed by atoms with Crippen LogP contribution in [0.4, 0.5) is 5.82 Å². The fraction of sp³-hybridized carbons (Fsp3) is 0.182. The first-order valence-electron chi connectivity index (χ1n) is 5.38. The summed E-state index contributed by atoms with van der Waals surface area (Å²) in [5.74, 6) is -1.43. The third-order valence-electron chi connectivity index (χ3n) is 2.40. The molecule has 19 heavy (non-hydrogen) atoms. The molecule has 98 valence electrons. The second-order valence-corrected chi connectivity index (χ2v) is 3.91. The van der Waals surface area contributed by atoms with Crippen LogP contribution in [0.3, 0.4) is 0 Å². The summed E-state index contributed by atoms with van der Waals surface area (Å²) >= 11 is 0. The lowest BCUT2D eigenvalue weighted by Gasteiger charge is -2.04. The number of aromatic amines is 1. The maximum Gasteiger partial charge on any atom is 0.353 e. The van der Waals surface area contributed by atoms with Gasteiger partial charge in [-0.05, 0) is 19.9 Å². The zero-order chi connectivity index (χ0) is 14.0. The van der Waals surface area contributed by atoms with Gasteiger partial charge in [0.15, 0.2) is 5.82 Å². The van der Waals surface area contributed by atoms with E-state index in [2.05, 4.69) is 25.7 Å². The summed E-state index contributed by atoms with van der Waals surface area (Å²) in [6, 6.07) is 2.83. The molecule has 0 aliphatic heterocycles. The van der Waals surface area contributed by atoms with Crippen molar-refractivity contribution in [2.24, 2.45) is 0 Å². The molecule has 0 bridgehead atoms. The van der Waals surface area contributed by atoms with Crippen LogP contribution in [0.1, 0.15) is 32.2 Å². The smallest absolute Gasteiger partial charge is 0.353 e. The number of nitrogens with zero attached hydrogens (tertiary/aromatic N) is 3. The Kier molecular flexibility index (Phi) is 3.23. The SMILES string of the molecule is Cc1cc(C(=O)Nc2cc(C(=O)O)[nH]n2)c(C)nn1. The lowest BCUT2D eigenvalue weighted by molar-refractivity contribution is 0.0690. The van der Waals surface area contributed by atoms with Crippen LogP contribution >= 0.6 is 0 Å². The van der Waals surface area contributed by atoms with Gasteiger partial charge in [0.05, 0.1) is 17.0 Å². The second kappa shape index (κ2) is 4.84. The van der Waals surface area contributed by atoms with Crippen LogP contribution in [0.15, 0.2) is 12.1 Å². The highest BCUT2D eigenvalue weighted by molar-refractivity contribution is 6.04. The van der Waals surface area contributed by atoms with Crippen molar-refractivity contribution in [2.75, 3.05) is 5.32 Å². The predicted octanol–water partition coefficient (Wildman–Crippen LogP) is 0.767. The molecule has 8 heteroatoms. The molecular weight excluding hydrogens is 250 g/mol. The van der Waals surface area contributed by atoms with Crippen LogP contribution in [0.25, 0.3) is 0 Å². The molecule has 3 N–H and O–H groups in total. The third kappa shape index (κ3) is 2.73. The predicted molar refractivity (Wildman–Crippen MR) is 65.0 cm³/mol. The third-order valence-corrected chi connectivity index (χ3v) is 2.40. The zero-order valence-corrected chi connectivity index (χ0v) is 10.3. The Morgan fingerprint density at radius 2 is 2.00 bits per heavy atom. The van der Waals surface area contributed by atoms with Crippen LogP contribution in [-0.4, -0.2) is 37.4 Å². The van der Waals surface area contributed by atoms with Gasteiger partial charge in [0.1, 0.15) is 5.69 Å². The fourth-order valence-corrected chi connectivity index (χ4v) is 1.46. The van der Waals surface area contributed by atoms with E-state index >= 15 is 0 Å². The van der Waals surface area contributed by atoms with E-state index in [1.54, 1.807) is 19.9 Å². The highest BCUT2D eigenvalue weighted by Gasteiger charge is 2.14. The van der Waals surface area contributed by atoms with Crippen LogP contribution < -0.4 is 5.32 Å². The van der Waals surface area contributed by atoms with Crippen molar-refractivity contribution in [1.29, 1.82) is 0 Å². The van der Waals surface area contributed by atoms with Gasteiger partial charge in [0.25, 0.3) is 5.91 Å².